The molecule has 19 heavy (non-hydrogen) atoms. The van der Waals surface area contributed by atoms with Crippen molar-refractivity contribution < 1.29 is 13.6 Å². The molecular formula is C11H20ClN3O3Si. The van der Waals surface area contributed by atoms with Crippen molar-refractivity contribution in [3.8, 4) is 0 Å². The number of rotatable bonds is 7. The van der Waals surface area contributed by atoms with Crippen LogP contribution >= 0.6 is 11.6 Å². The molecule has 0 aliphatic carbocycles. The molecule has 0 aliphatic rings. The maximum absolute atomic E-state index is 5.60. The van der Waals surface area contributed by atoms with E-state index >= 15 is 0 Å². The summed E-state index contributed by atoms with van der Waals surface area (Å²) in [6.45, 7) is 10.7. The highest BCUT2D eigenvalue weighted by molar-refractivity contribution is 6.67. The smallest absolute Gasteiger partial charge is 0.370 e. The van der Waals surface area contributed by atoms with Gasteiger partial charge in [-0.05, 0) is 41.5 Å². The highest BCUT2D eigenvalue weighted by Gasteiger charge is 2.49. The van der Waals surface area contributed by atoms with Crippen LogP contribution in [0.15, 0.2) is 26.7 Å². The average molecular weight is 306 g/mol. The lowest BCUT2D eigenvalue weighted by molar-refractivity contribution is 0.0788. The van der Waals surface area contributed by atoms with Crippen LogP contribution < -0.4 is 0 Å². The molecule has 0 saturated heterocycles. The third-order valence-corrected chi connectivity index (χ3v) is 3.28. The van der Waals surface area contributed by atoms with Gasteiger partial charge >= 0.3 is 8.80 Å². The molecule has 0 heterocycles. The molecule has 0 rings (SSSR count). The summed E-state index contributed by atoms with van der Waals surface area (Å²) >= 11 is 5.60. The molecule has 0 aromatic heterocycles. The molecule has 0 saturated carbocycles. The summed E-state index contributed by atoms with van der Waals surface area (Å²) < 4.78 is 16.0. The van der Waals surface area contributed by atoms with Crippen LogP contribution in [-0.4, -0.2) is 25.9 Å². The summed E-state index contributed by atoms with van der Waals surface area (Å²) in [7, 11) is -3.36. The molecule has 108 valence electrons. The van der Waals surface area contributed by atoms with E-state index in [4.69, 9.17) is 25.2 Å². The topological polar surface area (TPSA) is 64.8 Å². The zero-order chi connectivity index (χ0) is 14.9. The minimum absolute atomic E-state index is 0.710. The van der Waals surface area contributed by atoms with Crippen LogP contribution in [0.25, 0.3) is 0 Å². The number of oxime groups is 3. The first-order chi connectivity index (χ1) is 8.81. The van der Waals surface area contributed by atoms with Crippen molar-refractivity contribution in [2.75, 3.05) is 0 Å². The summed E-state index contributed by atoms with van der Waals surface area (Å²) in [5, 5.41) is 11.6. The maximum atomic E-state index is 5.60. The second-order valence-corrected chi connectivity index (χ2v) is 6.63. The number of hydrogen-bond donors (Lipinski definition) is 0. The van der Waals surface area contributed by atoms with Gasteiger partial charge < -0.3 is 13.6 Å². The van der Waals surface area contributed by atoms with Gasteiger partial charge in [0.2, 0.25) is 0 Å². The van der Waals surface area contributed by atoms with Gasteiger partial charge in [0.05, 0.1) is 0 Å². The quantitative estimate of drug-likeness (QED) is 0.411. The average Bonchev–Trinajstić information content (AvgIpc) is 2.31. The molecule has 0 fully saturated rings. The zero-order valence-corrected chi connectivity index (χ0v) is 13.9. The summed E-state index contributed by atoms with van der Waals surface area (Å²) in [4.78, 5) is 0. The highest BCUT2D eigenvalue weighted by atomic mass is 35.5. The van der Waals surface area contributed by atoms with Gasteiger partial charge in [-0.3, -0.25) is 0 Å². The predicted octanol–water partition coefficient (Wildman–Crippen LogP) is 3.45. The first-order valence-electron chi connectivity index (χ1n) is 5.67. The summed E-state index contributed by atoms with van der Waals surface area (Å²) in [6, 6.07) is 0. The molecule has 0 spiro atoms. The van der Waals surface area contributed by atoms with Crippen LogP contribution in [0.5, 0.6) is 0 Å². The SMILES string of the molecule is CC(C)=NO[Si](/C=C/Cl)(ON=C(C)C)ON=C(C)C. The lowest BCUT2D eigenvalue weighted by Gasteiger charge is -2.18. The lowest BCUT2D eigenvalue weighted by Crippen LogP contribution is -2.40. The molecule has 0 N–H and O–H groups in total. The van der Waals surface area contributed by atoms with Gasteiger partial charge in [0, 0.05) is 28.4 Å². The molecule has 0 bridgehead atoms. The Morgan fingerprint density at radius 3 is 1.32 bits per heavy atom. The Hall–Kier alpha value is -1.34. The van der Waals surface area contributed by atoms with E-state index in [1.54, 1.807) is 41.5 Å². The van der Waals surface area contributed by atoms with E-state index in [-0.39, 0.29) is 0 Å². The molecule has 0 atom stereocenters. The Balaban J connectivity index is 5.26. The van der Waals surface area contributed by atoms with Crippen LogP contribution in [0.3, 0.4) is 0 Å². The van der Waals surface area contributed by atoms with E-state index in [1.807, 2.05) is 0 Å². The molecule has 0 amide bonds. The van der Waals surface area contributed by atoms with Crippen molar-refractivity contribution >= 4 is 37.5 Å². The number of nitrogens with zero attached hydrogens (tertiary/aromatic N) is 3. The summed E-state index contributed by atoms with van der Waals surface area (Å²) in [6.07, 6.45) is 0. The maximum Gasteiger partial charge on any atom is 0.793 e. The lowest BCUT2D eigenvalue weighted by atomic mass is 10.5. The molecule has 0 aliphatic heterocycles. The van der Waals surface area contributed by atoms with Crippen molar-refractivity contribution in [2.45, 2.75) is 41.5 Å². The fourth-order valence-corrected chi connectivity index (χ4v) is 2.51. The van der Waals surface area contributed by atoms with E-state index in [0.717, 1.165) is 0 Å². The number of hydrogen-bond acceptors (Lipinski definition) is 6. The Labute approximate surface area is 120 Å². The summed E-state index contributed by atoms with van der Waals surface area (Å²) in [5.41, 5.74) is 4.82. The van der Waals surface area contributed by atoms with Crippen molar-refractivity contribution in [2.24, 2.45) is 15.5 Å². The fourth-order valence-electron chi connectivity index (χ4n) is 0.683. The van der Waals surface area contributed by atoms with Gasteiger partial charge in [-0.15, -0.1) is 15.5 Å². The van der Waals surface area contributed by atoms with Crippen molar-refractivity contribution in [3.05, 3.63) is 11.2 Å². The highest BCUT2D eigenvalue weighted by Crippen LogP contribution is 2.15. The van der Waals surface area contributed by atoms with Crippen LogP contribution in [0.2, 0.25) is 0 Å². The summed E-state index contributed by atoms with van der Waals surface area (Å²) in [5.74, 6) is 0. The Kier molecular flexibility index (Phi) is 8.09. The van der Waals surface area contributed by atoms with Crippen LogP contribution in [0.4, 0.5) is 0 Å². The van der Waals surface area contributed by atoms with Gasteiger partial charge in [0.25, 0.3) is 0 Å². The van der Waals surface area contributed by atoms with E-state index in [1.165, 1.54) is 11.2 Å². The third kappa shape index (κ3) is 8.39. The largest absolute Gasteiger partial charge is 0.793 e. The standard InChI is InChI=1S/C11H20ClN3O3Si/c1-9(2)13-16-19(8-7-12,17-14-10(3)4)18-15-11(5)6/h7-8H,1-6H3/b8-7+. The van der Waals surface area contributed by atoms with E-state index in [9.17, 15) is 0 Å². The molecular weight excluding hydrogens is 286 g/mol. The molecule has 0 unspecified atom stereocenters. The second-order valence-electron chi connectivity index (χ2n) is 4.29. The predicted molar refractivity (Wildman–Crippen MR) is 80.4 cm³/mol. The first-order valence-corrected chi connectivity index (χ1v) is 7.91. The van der Waals surface area contributed by atoms with Gasteiger partial charge in [0.15, 0.2) is 0 Å². The second kappa shape index (κ2) is 8.71. The van der Waals surface area contributed by atoms with Crippen molar-refractivity contribution in [3.63, 3.8) is 0 Å². The van der Waals surface area contributed by atoms with Crippen molar-refractivity contribution in [1.82, 2.24) is 0 Å². The third-order valence-electron chi connectivity index (χ3n) is 1.33. The van der Waals surface area contributed by atoms with Crippen LogP contribution in [0, 0.1) is 0 Å². The molecule has 0 aromatic rings. The Morgan fingerprint density at radius 1 is 0.789 bits per heavy atom. The normalized spacial score (nSPS) is 10.7. The van der Waals surface area contributed by atoms with Crippen molar-refractivity contribution in [1.29, 1.82) is 0 Å². The van der Waals surface area contributed by atoms with E-state index in [2.05, 4.69) is 15.5 Å². The van der Waals surface area contributed by atoms with Gasteiger partial charge in [-0.2, -0.15) is 0 Å². The first kappa shape index (κ1) is 17.7. The molecule has 0 aromatic carbocycles. The zero-order valence-electron chi connectivity index (χ0n) is 12.1. The fraction of sp³-hybridized carbons (Fsp3) is 0.545. The van der Waals surface area contributed by atoms with E-state index in [0.29, 0.717) is 17.1 Å². The Bertz CT molecular complexity index is 346. The Morgan fingerprint density at radius 2 is 1.11 bits per heavy atom. The van der Waals surface area contributed by atoms with Crippen LogP contribution in [-0.2, 0) is 13.6 Å². The molecule has 8 heteroatoms. The van der Waals surface area contributed by atoms with Gasteiger partial charge in [0.1, 0.15) is 0 Å². The monoisotopic (exact) mass is 305 g/mol. The number of halogens is 1. The molecule has 0 radical (unpaired) electrons. The van der Waals surface area contributed by atoms with Crippen LogP contribution in [0.1, 0.15) is 41.5 Å². The van der Waals surface area contributed by atoms with E-state index < -0.39 is 8.80 Å². The molecule has 6 nitrogen and oxygen atoms in total. The van der Waals surface area contributed by atoms with Gasteiger partial charge in [-0.25, -0.2) is 0 Å². The minimum atomic E-state index is -3.36. The van der Waals surface area contributed by atoms with Gasteiger partial charge in [-0.1, -0.05) is 11.6 Å². The minimum Gasteiger partial charge on any atom is -0.370 e.